The summed E-state index contributed by atoms with van der Waals surface area (Å²) in [4.78, 5) is 26.3. The molecule has 3 rings (SSSR count). The molecule has 0 radical (unpaired) electrons. The molecule has 2 amide bonds. The zero-order chi connectivity index (χ0) is 20.1. The van der Waals surface area contributed by atoms with Crippen molar-refractivity contribution in [1.82, 2.24) is 10.2 Å². The number of nitrogens with two attached hydrogens (primary N) is 1. The molecule has 2 aromatic carbocycles. The minimum Gasteiger partial charge on any atom is -0.347 e. The average Bonchev–Trinajstić information content (AvgIpc) is 3.06. The summed E-state index contributed by atoms with van der Waals surface area (Å²) in [6, 6.07) is 15.1. The number of hydrogen-bond acceptors (Lipinski definition) is 4. The molecule has 1 fully saturated rings. The number of nitrogens with one attached hydrogen (secondary N) is 1. The number of carbonyl (C=O) groups is 2. The first-order chi connectivity index (χ1) is 13.3. The maximum absolute atomic E-state index is 12.6. The second-order valence-corrected chi connectivity index (χ2v) is 8.40. The number of likely N-dealkylation sites (tertiary alicyclic amines) is 1. The van der Waals surface area contributed by atoms with Crippen molar-refractivity contribution >= 4 is 21.8 Å². The molecule has 28 heavy (non-hydrogen) atoms. The standard InChI is InChI=1S/C20H23N3O4S/c21-28(26,27)17-10-8-15(9-11-17)13-19(24)22-18(16-5-2-1-3-6-16)14-23-12-4-7-20(23)25/h1-3,5-6,8-11,18H,4,7,12-14H2,(H,22,24)(H2,21,26,27). The van der Waals surface area contributed by atoms with Crippen LogP contribution in [0.2, 0.25) is 0 Å². The van der Waals surface area contributed by atoms with Gasteiger partial charge in [-0.05, 0) is 29.7 Å². The van der Waals surface area contributed by atoms with E-state index in [1.165, 1.54) is 12.1 Å². The first kappa shape index (κ1) is 20.0. The molecule has 3 N–H and O–H groups in total. The maximum Gasteiger partial charge on any atom is 0.238 e. The Morgan fingerprint density at radius 1 is 1.11 bits per heavy atom. The molecule has 8 heteroatoms. The van der Waals surface area contributed by atoms with Gasteiger partial charge in [0.15, 0.2) is 0 Å². The normalized spacial score (nSPS) is 15.5. The summed E-state index contributed by atoms with van der Waals surface area (Å²) >= 11 is 0. The van der Waals surface area contributed by atoms with E-state index in [1.54, 1.807) is 17.0 Å². The van der Waals surface area contributed by atoms with Gasteiger partial charge in [-0.25, -0.2) is 13.6 Å². The number of amides is 2. The van der Waals surface area contributed by atoms with Crippen LogP contribution in [0, 0.1) is 0 Å². The molecule has 1 aliphatic rings. The summed E-state index contributed by atoms with van der Waals surface area (Å²) in [6.45, 7) is 1.13. The lowest BCUT2D eigenvalue weighted by molar-refractivity contribution is -0.129. The van der Waals surface area contributed by atoms with Gasteiger partial charge in [0, 0.05) is 19.5 Å². The van der Waals surface area contributed by atoms with E-state index in [2.05, 4.69) is 5.32 Å². The predicted octanol–water partition coefficient (Wildman–Crippen LogP) is 1.36. The van der Waals surface area contributed by atoms with Gasteiger partial charge in [-0.1, -0.05) is 42.5 Å². The summed E-state index contributed by atoms with van der Waals surface area (Å²) in [7, 11) is -3.76. The summed E-state index contributed by atoms with van der Waals surface area (Å²) in [5, 5.41) is 8.09. The quantitative estimate of drug-likeness (QED) is 0.730. The SMILES string of the molecule is NS(=O)(=O)c1ccc(CC(=O)NC(CN2CCCC2=O)c2ccccc2)cc1. The van der Waals surface area contributed by atoms with E-state index in [9.17, 15) is 18.0 Å². The second kappa shape index (κ2) is 8.53. The fourth-order valence-corrected chi connectivity index (χ4v) is 3.78. The van der Waals surface area contributed by atoms with E-state index in [1.807, 2.05) is 30.3 Å². The van der Waals surface area contributed by atoms with Crippen molar-refractivity contribution in [1.29, 1.82) is 0 Å². The molecule has 1 unspecified atom stereocenters. The number of benzene rings is 2. The molecule has 148 valence electrons. The summed E-state index contributed by atoms with van der Waals surface area (Å²) in [6.07, 6.45) is 1.48. The highest BCUT2D eigenvalue weighted by atomic mass is 32.2. The van der Waals surface area contributed by atoms with Crippen LogP contribution >= 0.6 is 0 Å². The lowest BCUT2D eigenvalue weighted by Crippen LogP contribution is -2.39. The fraction of sp³-hybridized carbons (Fsp3) is 0.300. The molecule has 1 aliphatic heterocycles. The Kier molecular flexibility index (Phi) is 6.11. The molecule has 7 nitrogen and oxygen atoms in total. The highest BCUT2D eigenvalue weighted by molar-refractivity contribution is 7.89. The van der Waals surface area contributed by atoms with E-state index in [-0.39, 0.29) is 29.2 Å². The highest BCUT2D eigenvalue weighted by Crippen LogP contribution is 2.19. The van der Waals surface area contributed by atoms with Crippen LogP contribution in [0.1, 0.15) is 30.0 Å². The smallest absolute Gasteiger partial charge is 0.238 e. The zero-order valence-electron chi connectivity index (χ0n) is 15.4. The Balaban J connectivity index is 1.69. The first-order valence-corrected chi connectivity index (χ1v) is 10.6. The molecule has 0 aromatic heterocycles. The van der Waals surface area contributed by atoms with Gasteiger partial charge < -0.3 is 10.2 Å². The van der Waals surface area contributed by atoms with Crippen molar-refractivity contribution in [3.63, 3.8) is 0 Å². The molecule has 0 spiro atoms. The molecule has 1 saturated heterocycles. The third-order valence-corrected chi connectivity index (χ3v) is 5.66. The zero-order valence-corrected chi connectivity index (χ0v) is 16.2. The van der Waals surface area contributed by atoms with Crippen LogP contribution in [0.4, 0.5) is 0 Å². The Labute approximate surface area is 164 Å². The predicted molar refractivity (Wildman–Crippen MR) is 105 cm³/mol. The van der Waals surface area contributed by atoms with Crippen molar-refractivity contribution in [3.05, 3.63) is 65.7 Å². The van der Waals surface area contributed by atoms with Gasteiger partial charge in [0.05, 0.1) is 17.4 Å². The van der Waals surface area contributed by atoms with E-state index in [4.69, 9.17) is 5.14 Å². The molecule has 0 bridgehead atoms. The van der Waals surface area contributed by atoms with Gasteiger partial charge in [-0.15, -0.1) is 0 Å². The van der Waals surface area contributed by atoms with Crippen molar-refractivity contribution in [2.45, 2.75) is 30.2 Å². The minimum absolute atomic E-state index is 0.00589. The van der Waals surface area contributed by atoms with Gasteiger partial charge in [0.2, 0.25) is 21.8 Å². The lowest BCUT2D eigenvalue weighted by Gasteiger charge is -2.25. The highest BCUT2D eigenvalue weighted by Gasteiger charge is 2.25. The summed E-state index contributed by atoms with van der Waals surface area (Å²) in [5.41, 5.74) is 1.61. The van der Waals surface area contributed by atoms with Crippen LogP contribution in [0.15, 0.2) is 59.5 Å². The number of sulfonamides is 1. The monoisotopic (exact) mass is 401 g/mol. The maximum atomic E-state index is 12.6. The van der Waals surface area contributed by atoms with E-state index in [0.29, 0.717) is 25.1 Å². The topological polar surface area (TPSA) is 110 Å². The van der Waals surface area contributed by atoms with Gasteiger partial charge in [0.25, 0.3) is 0 Å². The Hall–Kier alpha value is -2.71. The summed E-state index contributed by atoms with van der Waals surface area (Å²) < 4.78 is 22.7. The van der Waals surface area contributed by atoms with Crippen molar-refractivity contribution in [2.75, 3.05) is 13.1 Å². The number of nitrogens with zero attached hydrogens (tertiary/aromatic N) is 1. The fourth-order valence-electron chi connectivity index (χ4n) is 3.26. The Morgan fingerprint density at radius 2 is 1.79 bits per heavy atom. The van der Waals surface area contributed by atoms with Crippen LogP contribution in [0.5, 0.6) is 0 Å². The van der Waals surface area contributed by atoms with E-state index in [0.717, 1.165) is 12.0 Å². The number of hydrogen-bond donors (Lipinski definition) is 2. The van der Waals surface area contributed by atoms with Gasteiger partial charge in [0.1, 0.15) is 0 Å². The molecular weight excluding hydrogens is 378 g/mol. The van der Waals surface area contributed by atoms with Crippen LogP contribution in [-0.2, 0) is 26.0 Å². The van der Waals surface area contributed by atoms with E-state index < -0.39 is 10.0 Å². The largest absolute Gasteiger partial charge is 0.347 e. The Morgan fingerprint density at radius 3 is 2.36 bits per heavy atom. The molecule has 0 aliphatic carbocycles. The van der Waals surface area contributed by atoms with Crippen LogP contribution in [0.25, 0.3) is 0 Å². The van der Waals surface area contributed by atoms with Gasteiger partial charge >= 0.3 is 0 Å². The van der Waals surface area contributed by atoms with Crippen molar-refractivity contribution < 1.29 is 18.0 Å². The second-order valence-electron chi connectivity index (χ2n) is 6.84. The minimum atomic E-state index is -3.76. The number of primary sulfonamides is 1. The molecule has 1 heterocycles. The van der Waals surface area contributed by atoms with Crippen LogP contribution in [-0.4, -0.2) is 38.2 Å². The average molecular weight is 401 g/mol. The Bertz CT molecular complexity index is 943. The van der Waals surface area contributed by atoms with Crippen LogP contribution in [0.3, 0.4) is 0 Å². The molecular formula is C20H23N3O4S. The van der Waals surface area contributed by atoms with Gasteiger partial charge in [-0.3, -0.25) is 9.59 Å². The molecule has 1 atom stereocenters. The van der Waals surface area contributed by atoms with E-state index >= 15 is 0 Å². The first-order valence-electron chi connectivity index (χ1n) is 9.07. The van der Waals surface area contributed by atoms with Crippen molar-refractivity contribution in [3.8, 4) is 0 Å². The third-order valence-electron chi connectivity index (χ3n) is 4.73. The lowest BCUT2D eigenvalue weighted by atomic mass is 10.1. The molecule has 0 saturated carbocycles. The van der Waals surface area contributed by atoms with Crippen LogP contribution < -0.4 is 10.5 Å². The summed E-state index contributed by atoms with van der Waals surface area (Å²) in [5.74, 6) is -0.0994. The number of carbonyl (C=O) groups excluding carboxylic acids is 2. The van der Waals surface area contributed by atoms with Gasteiger partial charge in [-0.2, -0.15) is 0 Å². The van der Waals surface area contributed by atoms with Crippen molar-refractivity contribution in [2.24, 2.45) is 5.14 Å². The molecule has 2 aromatic rings. The third kappa shape index (κ3) is 5.17. The number of rotatable bonds is 7.